The van der Waals surface area contributed by atoms with Crippen LogP contribution in [0, 0.1) is 5.82 Å². The van der Waals surface area contributed by atoms with Crippen molar-refractivity contribution in [1.29, 1.82) is 0 Å². The Balaban J connectivity index is 1.62. The number of nitrogens with zero attached hydrogens (tertiary/aromatic N) is 2. The molecule has 1 heterocycles. The lowest BCUT2D eigenvalue weighted by Crippen LogP contribution is -2.37. The van der Waals surface area contributed by atoms with Crippen LogP contribution in [0.3, 0.4) is 0 Å². The third kappa shape index (κ3) is 4.64. The summed E-state index contributed by atoms with van der Waals surface area (Å²) in [7, 11) is 0. The Bertz CT molecular complexity index is 790. The maximum atomic E-state index is 13.0. The molecule has 1 aliphatic rings. The second-order valence-corrected chi connectivity index (χ2v) is 6.40. The highest BCUT2D eigenvalue weighted by molar-refractivity contribution is 5.95. The molecule has 0 atom stereocenters. The zero-order chi connectivity index (χ0) is 19.2. The van der Waals surface area contributed by atoms with E-state index in [0.717, 1.165) is 5.75 Å². The smallest absolute Gasteiger partial charge is 0.253 e. The number of halogens is 1. The van der Waals surface area contributed by atoms with Gasteiger partial charge in [0.2, 0.25) is 0 Å². The molecule has 1 saturated heterocycles. The molecule has 2 aromatic carbocycles. The molecule has 0 aliphatic carbocycles. The first-order valence-corrected chi connectivity index (χ1v) is 9.15. The van der Waals surface area contributed by atoms with Crippen LogP contribution in [-0.4, -0.2) is 54.4 Å². The number of amides is 2. The average molecular weight is 370 g/mol. The number of benzene rings is 2. The lowest BCUT2D eigenvalue weighted by molar-refractivity contribution is 0.0718. The highest BCUT2D eigenvalue weighted by Gasteiger charge is 2.23. The molecule has 2 amide bonds. The lowest BCUT2D eigenvalue weighted by atomic mass is 10.2. The second-order valence-electron chi connectivity index (χ2n) is 6.40. The fourth-order valence-electron chi connectivity index (χ4n) is 3.14. The van der Waals surface area contributed by atoms with E-state index in [4.69, 9.17) is 4.74 Å². The first-order chi connectivity index (χ1) is 13.1. The second kappa shape index (κ2) is 8.66. The standard InChI is InChI=1S/C21H23FN2O3/c1-2-27-19-10-6-17(7-11-19)21(26)24-13-3-12-23(14-15-24)20(25)16-4-8-18(22)9-5-16/h4-11H,2-3,12-15H2,1H3. The van der Waals surface area contributed by atoms with Gasteiger partial charge >= 0.3 is 0 Å². The zero-order valence-electron chi connectivity index (χ0n) is 15.4. The normalized spacial score (nSPS) is 14.6. The van der Waals surface area contributed by atoms with Crippen molar-refractivity contribution in [1.82, 2.24) is 9.80 Å². The maximum Gasteiger partial charge on any atom is 0.253 e. The number of hydrogen-bond acceptors (Lipinski definition) is 3. The van der Waals surface area contributed by atoms with Crippen molar-refractivity contribution in [3.05, 3.63) is 65.5 Å². The van der Waals surface area contributed by atoms with E-state index in [1.54, 1.807) is 34.1 Å². The summed E-state index contributed by atoms with van der Waals surface area (Å²) in [4.78, 5) is 28.8. The van der Waals surface area contributed by atoms with Gasteiger partial charge in [-0.05, 0) is 61.9 Å². The van der Waals surface area contributed by atoms with Crippen molar-refractivity contribution in [3.8, 4) is 5.75 Å². The summed E-state index contributed by atoms with van der Waals surface area (Å²) in [6.07, 6.45) is 0.704. The molecule has 0 bridgehead atoms. The van der Waals surface area contributed by atoms with Crippen LogP contribution in [0.15, 0.2) is 48.5 Å². The molecule has 3 rings (SSSR count). The van der Waals surface area contributed by atoms with Gasteiger partial charge in [-0.15, -0.1) is 0 Å². The van der Waals surface area contributed by atoms with Gasteiger partial charge in [0.25, 0.3) is 11.8 Å². The Hall–Kier alpha value is -2.89. The summed E-state index contributed by atoms with van der Waals surface area (Å²) in [5, 5.41) is 0. The number of ether oxygens (including phenoxy) is 1. The average Bonchev–Trinajstić information content (AvgIpc) is 2.94. The molecule has 0 aromatic heterocycles. The van der Waals surface area contributed by atoms with Crippen LogP contribution in [0.25, 0.3) is 0 Å². The van der Waals surface area contributed by atoms with Gasteiger partial charge in [0, 0.05) is 37.3 Å². The minimum absolute atomic E-state index is 0.0471. The number of hydrogen-bond donors (Lipinski definition) is 0. The molecule has 6 heteroatoms. The predicted octanol–water partition coefficient (Wildman–Crippen LogP) is 3.21. The summed E-state index contributed by atoms with van der Waals surface area (Å²) < 4.78 is 18.5. The summed E-state index contributed by atoms with van der Waals surface area (Å²) in [6, 6.07) is 12.7. The molecule has 0 unspecified atom stereocenters. The monoisotopic (exact) mass is 370 g/mol. The van der Waals surface area contributed by atoms with Crippen LogP contribution in [0.2, 0.25) is 0 Å². The zero-order valence-corrected chi connectivity index (χ0v) is 15.4. The molecule has 142 valence electrons. The quantitative estimate of drug-likeness (QED) is 0.830. The minimum Gasteiger partial charge on any atom is -0.494 e. The van der Waals surface area contributed by atoms with E-state index in [1.165, 1.54) is 24.3 Å². The first kappa shape index (κ1) is 18.9. The van der Waals surface area contributed by atoms with Gasteiger partial charge in [-0.2, -0.15) is 0 Å². The van der Waals surface area contributed by atoms with Crippen LogP contribution < -0.4 is 4.74 Å². The van der Waals surface area contributed by atoms with Crippen LogP contribution in [0.4, 0.5) is 4.39 Å². The Labute approximate surface area is 158 Å². The molecule has 27 heavy (non-hydrogen) atoms. The van der Waals surface area contributed by atoms with E-state index in [2.05, 4.69) is 0 Å². The van der Waals surface area contributed by atoms with Crippen LogP contribution in [0.5, 0.6) is 5.75 Å². The van der Waals surface area contributed by atoms with Gasteiger partial charge in [-0.1, -0.05) is 0 Å². The number of carbonyl (C=O) groups excluding carboxylic acids is 2. The van der Waals surface area contributed by atoms with Gasteiger partial charge in [-0.25, -0.2) is 4.39 Å². The van der Waals surface area contributed by atoms with E-state index in [1.807, 2.05) is 6.92 Å². The molecular weight excluding hydrogens is 347 g/mol. The van der Waals surface area contributed by atoms with Gasteiger partial charge < -0.3 is 14.5 Å². The molecule has 1 fully saturated rings. The minimum atomic E-state index is -0.366. The Kier molecular flexibility index (Phi) is 6.06. The Morgan fingerprint density at radius 3 is 1.81 bits per heavy atom. The summed E-state index contributed by atoms with van der Waals surface area (Å²) in [6.45, 7) is 4.59. The van der Waals surface area contributed by atoms with Crippen molar-refractivity contribution in [2.45, 2.75) is 13.3 Å². The molecule has 2 aromatic rings. The van der Waals surface area contributed by atoms with Crippen molar-refractivity contribution < 1.29 is 18.7 Å². The topological polar surface area (TPSA) is 49.9 Å². The van der Waals surface area contributed by atoms with E-state index < -0.39 is 0 Å². The molecule has 1 aliphatic heterocycles. The highest BCUT2D eigenvalue weighted by atomic mass is 19.1. The highest BCUT2D eigenvalue weighted by Crippen LogP contribution is 2.16. The van der Waals surface area contributed by atoms with Crippen molar-refractivity contribution >= 4 is 11.8 Å². The first-order valence-electron chi connectivity index (χ1n) is 9.15. The van der Waals surface area contributed by atoms with E-state index in [-0.39, 0.29) is 17.6 Å². The predicted molar refractivity (Wildman–Crippen MR) is 100 cm³/mol. The third-order valence-corrected chi connectivity index (χ3v) is 4.57. The molecule has 0 saturated carbocycles. The maximum absolute atomic E-state index is 13.0. The van der Waals surface area contributed by atoms with Gasteiger partial charge in [0.1, 0.15) is 11.6 Å². The van der Waals surface area contributed by atoms with Crippen molar-refractivity contribution in [2.24, 2.45) is 0 Å². The summed E-state index contributed by atoms with van der Waals surface area (Å²) in [5.74, 6) is 0.190. The van der Waals surface area contributed by atoms with Crippen molar-refractivity contribution in [2.75, 3.05) is 32.8 Å². The van der Waals surface area contributed by atoms with Gasteiger partial charge in [0.05, 0.1) is 6.61 Å². The Morgan fingerprint density at radius 1 is 0.852 bits per heavy atom. The fourth-order valence-corrected chi connectivity index (χ4v) is 3.14. The Morgan fingerprint density at radius 2 is 1.33 bits per heavy atom. The molecule has 0 spiro atoms. The number of carbonyl (C=O) groups is 2. The van der Waals surface area contributed by atoms with Crippen LogP contribution in [-0.2, 0) is 0 Å². The van der Waals surface area contributed by atoms with E-state index in [9.17, 15) is 14.0 Å². The molecular formula is C21H23FN2O3. The van der Waals surface area contributed by atoms with Crippen molar-refractivity contribution in [3.63, 3.8) is 0 Å². The van der Waals surface area contributed by atoms with Gasteiger partial charge in [0.15, 0.2) is 0 Å². The third-order valence-electron chi connectivity index (χ3n) is 4.57. The largest absolute Gasteiger partial charge is 0.494 e. The van der Waals surface area contributed by atoms with Crippen LogP contribution in [0.1, 0.15) is 34.1 Å². The molecule has 0 N–H and O–H groups in total. The fraction of sp³-hybridized carbons (Fsp3) is 0.333. The number of rotatable bonds is 4. The SMILES string of the molecule is CCOc1ccc(C(=O)N2CCCN(C(=O)c3ccc(F)cc3)CC2)cc1. The molecule has 5 nitrogen and oxygen atoms in total. The van der Waals surface area contributed by atoms with Crippen LogP contribution >= 0.6 is 0 Å². The summed E-state index contributed by atoms with van der Waals surface area (Å²) >= 11 is 0. The van der Waals surface area contributed by atoms with E-state index in [0.29, 0.717) is 50.3 Å². The summed E-state index contributed by atoms with van der Waals surface area (Å²) in [5.41, 5.74) is 1.07. The van der Waals surface area contributed by atoms with Gasteiger partial charge in [-0.3, -0.25) is 9.59 Å². The molecule has 0 radical (unpaired) electrons. The lowest BCUT2D eigenvalue weighted by Gasteiger charge is -2.22. The van der Waals surface area contributed by atoms with E-state index >= 15 is 0 Å².